The van der Waals surface area contributed by atoms with Crippen LogP contribution >= 0.6 is 0 Å². The van der Waals surface area contributed by atoms with Gasteiger partial charge in [-0.1, -0.05) is 217 Å². The fourth-order valence-electron chi connectivity index (χ4n) is 11.1. The first-order chi connectivity index (χ1) is 30.3. The molecule has 0 nitrogen and oxygen atoms in total. The average molecular weight is 795 g/mol. The third kappa shape index (κ3) is 5.46. The second kappa shape index (κ2) is 14.3. The van der Waals surface area contributed by atoms with Crippen molar-refractivity contribution in [3.8, 4) is 66.8 Å². The van der Waals surface area contributed by atoms with Gasteiger partial charge in [0.1, 0.15) is 0 Å². The lowest BCUT2D eigenvalue weighted by Gasteiger charge is -2.26. The van der Waals surface area contributed by atoms with Crippen LogP contribution in [0.2, 0.25) is 0 Å². The SMILES string of the molecule is CC.CC1(C)c2cc(-c3ccccc3)ccc2-c2c1ccc1c(-c3c4ccccc4c(-c4ccccc4)c4ccccc34)cc3c(c21)-c1ccc(-c2ccccc2)cc1C3(C)C. The summed E-state index contributed by atoms with van der Waals surface area (Å²) in [6.07, 6.45) is 0. The molecule has 62 heavy (non-hydrogen) atoms. The van der Waals surface area contributed by atoms with E-state index >= 15 is 0 Å². The molecule has 0 bridgehead atoms. The predicted octanol–water partition coefficient (Wildman–Crippen LogP) is 17.5. The van der Waals surface area contributed by atoms with Crippen molar-refractivity contribution >= 4 is 32.3 Å². The molecule has 0 atom stereocenters. The fourth-order valence-corrected chi connectivity index (χ4v) is 11.1. The second-order valence-electron chi connectivity index (χ2n) is 18.0. The Hall–Kier alpha value is -7.02. The monoisotopic (exact) mass is 794 g/mol. The first-order valence-corrected chi connectivity index (χ1v) is 22.4. The highest BCUT2D eigenvalue weighted by Gasteiger charge is 2.42. The lowest BCUT2D eigenvalue weighted by Crippen LogP contribution is -2.16. The van der Waals surface area contributed by atoms with E-state index in [1.165, 1.54) is 121 Å². The molecule has 12 rings (SSSR count). The van der Waals surface area contributed by atoms with Crippen molar-refractivity contribution in [2.24, 2.45) is 0 Å². The fraction of sp³-hybridized carbons (Fsp3) is 0.129. The summed E-state index contributed by atoms with van der Waals surface area (Å²) in [4.78, 5) is 0. The normalized spacial score (nSPS) is 13.9. The molecule has 0 radical (unpaired) electrons. The van der Waals surface area contributed by atoms with Crippen LogP contribution in [0.4, 0.5) is 0 Å². The van der Waals surface area contributed by atoms with Crippen molar-refractivity contribution in [2.75, 3.05) is 0 Å². The summed E-state index contributed by atoms with van der Waals surface area (Å²) in [6.45, 7) is 13.7. The van der Waals surface area contributed by atoms with Crippen LogP contribution in [0.3, 0.4) is 0 Å². The Morgan fingerprint density at radius 1 is 0.258 bits per heavy atom. The van der Waals surface area contributed by atoms with E-state index in [0.717, 1.165) is 0 Å². The van der Waals surface area contributed by atoms with Crippen LogP contribution in [-0.4, -0.2) is 0 Å². The Balaban J connectivity index is 0.00000213. The molecule has 10 aromatic carbocycles. The van der Waals surface area contributed by atoms with Gasteiger partial charge in [0.2, 0.25) is 0 Å². The third-order valence-corrected chi connectivity index (χ3v) is 14.1. The molecule has 2 aliphatic carbocycles. The summed E-state index contributed by atoms with van der Waals surface area (Å²) >= 11 is 0. The van der Waals surface area contributed by atoms with E-state index in [1.807, 2.05) is 13.8 Å². The van der Waals surface area contributed by atoms with Gasteiger partial charge in [0.05, 0.1) is 0 Å². The number of fused-ring (bicyclic) bond motifs is 11. The maximum Gasteiger partial charge on any atom is 0.0159 e. The molecule has 0 unspecified atom stereocenters. The van der Waals surface area contributed by atoms with Crippen LogP contribution in [0.25, 0.3) is 99.1 Å². The molecular formula is C62H50. The summed E-state index contributed by atoms with van der Waals surface area (Å²) in [5.74, 6) is 0. The van der Waals surface area contributed by atoms with Crippen LogP contribution in [0.15, 0.2) is 194 Å². The molecular weight excluding hydrogens is 745 g/mol. The maximum atomic E-state index is 2.59. The van der Waals surface area contributed by atoms with E-state index in [9.17, 15) is 0 Å². The summed E-state index contributed by atoms with van der Waals surface area (Å²) in [5.41, 5.74) is 20.8. The molecule has 10 aromatic rings. The summed E-state index contributed by atoms with van der Waals surface area (Å²) in [6, 6.07) is 72.8. The Bertz CT molecular complexity index is 3310. The topological polar surface area (TPSA) is 0 Å². The molecule has 298 valence electrons. The predicted molar refractivity (Wildman–Crippen MR) is 267 cm³/mol. The molecule has 0 heteroatoms. The Morgan fingerprint density at radius 2 is 0.661 bits per heavy atom. The van der Waals surface area contributed by atoms with Gasteiger partial charge in [-0.25, -0.2) is 0 Å². The van der Waals surface area contributed by atoms with E-state index in [4.69, 9.17) is 0 Å². The molecule has 0 saturated carbocycles. The number of benzene rings is 10. The van der Waals surface area contributed by atoms with Gasteiger partial charge in [0, 0.05) is 10.8 Å². The van der Waals surface area contributed by atoms with Gasteiger partial charge >= 0.3 is 0 Å². The van der Waals surface area contributed by atoms with E-state index in [-0.39, 0.29) is 10.8 Å². The van der Waals surface area contributed by atoms with Crippen LogP contribution < -0.4 is 0 Å². The molecule has 0 amide bonds. The van der Waals surface area contributed by atoms with Crippen molar-refractivity contribution in [1.82, 2.24) is 0 Å². The van der Waals surface area contributed by atoms with Gasteiger partial charge in [-0.2, -0.15) is 0 Å². The Kier molecular flexibility index (Phi) is 8.74. The average Bonchev–Trinajstić information content (AvgIpc) is 3.70. The van der Waals surface area contributed by atoms with Crippen LogP contribution in [0.5, 0.6) is 0 Å². The van der Waals surface area contributed by atoms with E-state index in [1.54, 1.807) is 0 Å². The van der Waals surface area contributed by atoms with E-state index in [2.05, 4.69) is 222 Å². The minimum absolute atomic E-state index is 0.183. The summed E-state index contributed by atoms with van der Waals surface area (Å²) in [5, 5.41) is 7.81. The zero-order valence-corrected chi connectivity index (χ0v) is 36.5. The van der Waals surface area contributed by atoms with Crippen molar-refractivity contribution in [1.29, 1.82) is 0 Å². The zero-order chi connectivity index (χ0) is 42.3. The molecule has 0 aromatic heterocycles. The van der Waals surface area contributed by atoms with Gasteiger partial charge in [0.15, 0.2) is 0 Å². The number of hydrogen-bond donors (Lipinski definition) is 0. The van der Waals surface area contributed by atoms with Crippen molar-refractivity contribution in [3.05, 3.63) is 216 Å². The molecule has 2 aliphatic rings. The lowest BCUT2D eigenvalue weighted by molar-refractivity contribution is 0.660. The minimum Gasteiger partial charge on any atom is -0.0683 e. The standard InChI is InChI=1S/C60H44.C2H6/c1-59(2)50-33-32-46-49(55-44-26-16-14-24-42(44)54(39-22-12-7-13-23-39)43-25-15-17-27-45(43)55)36-53-57(48-31-29-41(35-52(48)60(53,3)4)38-20-10-6-11-21-38)58(46)56(50)47-30-28-40(34-51(47)59)37-18-8-5-9-19-37;1-2/h5-36H,1-4H3;1-2H3. The zero-order valence-electron chi connectivity index (χ0n) is 36.5. The smallest absolute Gasteiger partial charge is 0.0159 e. The molecule has 0 aliphatic heterocycles. The highest BCUT2D eigenvalue weighted by molar-refractivity contribution is 6.26. The molecule has 0 heterocycles. The minimum atomic E-state index is -0.245. The summed E-state index contributed by atoms with van der Waals surface area (Å²) < 4.78 is 0. The van der Waals surface area contributed by atoms with Crippen molar-refractivity contribution in [2.45, 2.75) is 52.4 Å². The second-order valence-corrected chi connectivity index (χ2v) is 18.0. The van der Waals surface area contributed by atoms with Gasteiger partial charge in [-0.15, -0.1) is 0 Å². The van der Waals surface area contributed by atoms with Crippen molar-refractivity contribution < 1.29 is 0 Å². The van der Waals surface area contributed by atoms with E-state index in [0.29, 0.717) is 0 Å². The van der Waals surface area contributed by atoms with Crippen LogP contribution in [-0.2, 0) is 10.8 Å². The van der Waals surface area contributed by atoms with Crippen LogP contribution in [0.1, 0.15) is 63.8 Å². The molecule has 0 fully saturated rings. The highest BCUT2D eigenvalue weighted by atomic mass is 14.4. The van der Waals surface area contributed by atoms with Crippen LogP contribution in [0, 0.1) is 0 Å². The number of hydrogen-bond acceptors (Lipinski definition) is 0. The van der Waals surface area contributed by atoms with Crippen molar-refractivity contribution in [3.63, 3.8) is 0 Å². The molecule has 0 saturated heterocycles. The highest BCUT2D eigenvalue weighted by Crippen LogP contribution is 2.60. The first kappa shape index (κ1) is 37.9. The number of rotatable bonds is 4. The Labute approximate surface area is 366 Å². The largest absolute Gasteiger partial charge is 0.0683 e. The van der Waals surface area contributed by atoms with Gasteiger partial charge < -0.3 is 0 Å². The Morgan fingerprint density at radius 3 is 1.15 bits per heavy atom. The summed E-state index contributed by atoms with van der Waals surface area (Å²) in [7, 11) is 0. The van der Waals surface area contributed by atoms with Gasteiger partial charge in [-0.05, 0) is 140 Å². The maximum absolute atomic E-state index is 2.59. The third-order valence-electron chi connectivity index (χ3n) is 14.1. The first-order valence-electron chi connectivity index (χ1n) is 22.4. The van der Waals surface area contributed by atoms with E-state index < -0.39 is 0 Å². The quantitative estimate of drug-likeness (QED) is 0.156. The molecule has 0 N–H and O–H groups in total. The van der Waals surface area contributed by atoms with Gasteiger partial charge in [-0.3, -0.25) is 0 Å². The van der Waals surface area contributed by atoms with Gasteiger partial charge in [0.25, 0.3) is 0 Å². The lowest BCUT2D eigenvalue weighted by atomic mass is 9.77. The molecule has 0 spiro atoms.